The van der Waals surface area contributed by atoms with Crippen molar-refractivity contribution >= 4 is 11.9 Å². The van der Waals surface area contributed by atoms with Gasteiger partial charge in [0.25, 0.3) is 5.91 Å². The van der Waals surface area contributed by atoms with Gasteiger partial charge in [-0.25, -0.2) is 9.78 Å². The number of carbonyl (C=O) groups is 2. The van der Waals surface area contributed by atoms with Crippen molar-refractivity contribution in [2.24, 2.45) is 0 Å². The summed E-state index contributed by atoms with van der Waals surface area (Å²) >= 11 is 0. The van der Waals surface area contributed by atoms with Crippen LogP contribution >= 0.6 is 0 Å². The van der Waals surface area contributed by atoms with Crippen LogP contribution in [0.1, 0.15) is 15.9 Å². The van der Waals surface area contributed by atoms with Crippen LogP contribution in [0.4, 0.5) is 0 Å². The highest BCUT2D eigenvalue weighted by molar-refractivity contribution is 5.96. The van der Waals surface area contributed by atoms with Gasteiger partial charge in [-0.15, -0.1) is 0 Å². The van der Waals surface area contributed by atoms with Gasteiger partial charge in [0, 0.05) is 18.8 Å². The fourth-order valence-corrected chi connectivity index (χ4v) is 3.68. The van der Waals surface area contributed by atoms with E-state index in [0.29, 0.717) is 35.1 Å². The zero-order valence-electron chi connectivity index (χ0n) is 19.5. The summed E-state index contributed by atoms with van der Waals surface area (Å²) in [7, 11) is 0. The highest BCUT2D eigenvalue weighted by Gasteiger charge is 2.17. The Hall–Kier alpha value is -5.05. The van der Waals surface area contributed by atoms with E-state index in [0.717, 1.165) is 16.7 Å². The third-order valence-corrected chi connectivity index (χ3v) is 5.53. The largest absolute Gasteiger partial charge is 0.482 e. The number of hydrogen-bond acceptors (Lipinski definition) is 7. The summed E-state index contributed by atoms with van der Waals surface area (Å²) in [6.45, 7) is 0.0944. The molecule has 0 radical (unpaired) electrons. The number of nitrogens with zero attached hydrogens (tertiary/aromatic N) is 1. The van der Waals surface area contributed by atoms with E-state index < -0.39 is 5.97 Å². The van der Waals surface area contributed by atoms with E-state index >= 15 is 0 Å². The second kappa shape index (κ2) is 10.7. The van der Waals surface area contributed by atoms with E-state index in [1.807, 2.05) is 36.4 Å². The van der Waals surface area contributed by atoms with Crippen molar-refractivity contribution in [3.05, 3.63) is 96.2 Å². The number of benzene rings is 3. The summed E-state index contributed by atoms with van der Waals surface area (Å²) in [6.07, 6.45) is 1.56. The molecule has 1 aliphatic heterocycles. The SMILES string of the molecule is O=C(O)COc1ccc(-c2ccc(CNC(=O)c3cccnc3Oc3ccc4c(c3)OCO4)cc2)cc1. The van der Waals surface area contributed by atoms with Crippen molar-refractivity contribution in [2.75, 3.05) is 13.4 Å². The molecule has 4 aromatic rings. The molecular formula is C28H22N2O7. The molecule has 1 aliphatic rings. The molecule has 2 heterocycles. The van der Waals surface area contributed by atoms with Gasteiger partial charge in [-0.05, 0) is 53.1 Å². The number of aromatic nitrogens is 1. The highest BCUT2D eigenvalue weighted by Crippen LogP contribution is 2.36. The van der Waals surface area contributed by atoms with Crippen LogP contribution in [0, 0.1) is 0 Å². The van der Waals surface area contributed by atoms with Gasteiger partial charge in [0.2, 0.25) is 12.7 Å². The van der Waals surface area contributed by atoms with Gasteiger partial charge < -0.3 is 29.4 Å². The summed E-state index contributed by atoms with van der Waals surface area (Å²) in [4.78, 5) is 27.8. The summed E-state index contributed by atoms with van der Waals surface area (Å²) < 4.78 is 21.7. The van der Waals surface area contributed by atoms with Crippen LogP contribution in [0.5, 0.6) is 28.9 Å². The van der Waals surface area contributed by atoms with Gasteiger partial charge in [0.05, 0.1) is 0 Å². The minimum absolute atomic E-state index is 0.160. The fraction of sp³-hybridized carbons (Fsp3) is 0.107. The topological polar surface area (TPSA) is 116 Å². The molecule has 0 aliphatic carbocycles. The highest BCUT2D eigenvalue weighted by atomic mass is 16.7. The van der Waals surface area contributed by atoms with E-state index in [1.165, 1.54) is 0 Å². The van der Waals surface area contributed by atoms with Crippen molar-refractivity contribution in [3.63, 3.8) is 0 Å². The van der Waals surface area contributed by atoms with Gasteiger partial charge in [0.1, 0.15) is 17.1 Å². The Balaban J connectivity index is 1.20. The van der Waals surface area contributed by atoms with Crippen LogP contribution in [0.3, 0.4) is 0 Å². The Morgan fingerprint density at radius 3 is 2.35 bits per heavy atom. The lowest BCUT2D eigenvalue weighted by Gasteiger charge is -2.11. The number of carbonyl (C=O) groups excluding carboxylic acids is 1. The molecule has 5 rings (SSSR count). The van der Waals surface area contributed by atoms with Crippen molar-refractivity contribution < 1.29 is 33.6 Å². The molecule has 9 nitrogen and oxygen atoms in total. The maximum atomic E-state index is 12.9. The molecule has 1 aromatic heterocycles. The molecule has 2 N–H and O–H groups in total. The van der Waals surface area contributed by atoms with E-state index in [9.17, 15) is 9.59 Å². The minimum Gasteiger partial charge on any atom is -0.482 e. The second-order valence-electron chi connectivity index (χ2n) is 8.06. The van der Waals surface area contributed by atoms with E-state index in [2.05, 4.69) is 10.3 Å². The van der Waals surface area contributed by atoms with E-state index in [-0.39, 0.29) is 25.2 Å². The average Bonchev–Trinajstić information content (AvgIpc) is 3.39. The van der Waals surface area contributed by atoms with Gasteiger partial charge in [0.15, 0.2) is 18.1 Å². The smallest absolute Gasteiger partial charge is 0.341 e. The molecule has 0 bridgehead atoms. The lowest BCUT2D eigenvalue weighted by Crippen LogP contribution is -2.23. The number of carboxylic acid groups (broad SMARTS) is 1. The summed E-state index contributed by atoms with van der Waals surface area (Å²) in [5, 5.41) is 11.6. The number of rotatable bonds is 9. The molecular weight excluding hydrogens is 476 g/mol. The number of nitrogens with one attached hydrogen (secondary N) is 1. The van der Waals surface area contributed by atoms with Crippen LogP contribution in [0.15, 0.2) is 85.1 Å². The summed E-state index contributed by atoms with van der Waals surface area (Å²) in [6, 6.07) is 23.4. The maximum Gasteiger partial charge on any atom is 0.341 e. The molecule has 0 saturated carbocycles. The Morgan fingerprint density at radius 1 is 0.892 bits per heavy atom. The van der Waals surface area contributed by atoms with Crippen LogP contribution in [-0.2, 0) is 11.3 Å². The van der Waals surface area contributed by atoms with Gasteiger partial charge in [-0.1, -0.05) is 36.4 Å². The predicted octanol–water partition coefficient (Wildman–Crippen LogP) is 4.66. The average molecular weight is 498 g/mol. The number of pyridine rings is 1. The Bertz CT molecular complexity index is 1420. The van der Waals surface area contributed by atoms with Crippen LogP contribution in [0.2, 0.25) is 0 Å². The molecule has 0 atom stereocenters. The van der Waals surface area contributed by atoms with Crippen molar-refractivity contribution in [2.45, 2.75) is 6.54 Å². The first-order valence-electron chi connectivity index (χ1n) is 11.4. The molecule has 9 heteroatoms. The first-order valence-corrected chi connectivity index (χ1v) is 11.4. The van der Waals surface area contributed by atoms with Crippen LogP contribution in [-0.4, -0.2) is 35.4 Å². The van der Waals surface area contributed by atoms with Crippen molar-refractivity contribution in [1.29, 1.82) is 0 Å². The molecule has 3 aromatic carbocycles. The molecule has 0 fully saturated rings. The van der Waals surface area contributed by atoms with E-state index in [1.54, 1.807) is 48.7 Å². The Labute approximate surface area is 212 Å². The summed E-state index contributed by atoms with van der Waals surface area (Å²) in [5.74, 6) is 1.03. The third kappa shape index (κ3) is 5.79. The predicted molar refractivity (Wildman–Crippen MR) is 133 cm³/mol. The quantitative estimate of drug-likeness (QED) is 0.342. The van der Waals surface area contributed by atoms with Crippen molar-refractivity contribution in [3.8, 4) is 40.0 Å². The normalized spacial score (nSPS) is 11.6. The molecule has 37 heavy (non-hydrogen) atoms. The molecule has 186 valence electrons. The number of fused-ring (bicyclic) bond motifs is 1. The first kappa shape index (κ1) is 23.7. The molecule has 0 saturated heterocycles. The minimum atomic E-state index is -1.02. The van der Waals surface area contributed by atoms with E-state index in [4.69, 9.17) is 24.1 Å². The zero-order valence-corrected chi connectivity index (χ0v) is 19.5. The second-order valence-corrected chi connectivity index (χ2v) is 8.06. The van der Waals surface area contributed by atoms with Crippen LogP contribution in [0.25, 0.3) is 11.1 Å². The first-order chi connectivity index (χ1) is 18.0. The number of amides is 1. The van der Waals surface area contributed by atoms with Crippen LogP contribution < -0.4 is 24.3 Å². The van der Waals surface area contributed by atoms with Gasteiger partial charge >= 0.3 is 5.97 Å². The summed E-state index contributed by atoms with van der Waals surface area (Å²) in [5.41, 5.74) is 3.16. The van der Waals surface area contributed by atoms with Crippen molar-refractivity contribution in [1.82, 2.24) is 10.3 Å². The lowest BCUT2D eigenvalue weighted by molar-refractivity contribution is -0.139. The lowest BCUT2D eigenvalue weighted by atomic mass is 10.0. The molecule has 0 unspecified atom stereocenters. The number of aliphatic carboxylic acids is 1. The van der Waals surface area contributed by atoms with Gasteiger partial charge in [-0.3, -0.25) is 4.79 Å². The van der Waals surface area contributed by atoms with Gasteiger partial charge in [-0.2, -0.15) is 0 Å². The maximum absolute atomic E-state index is 12.9. The monoisotopic (exact) mass is 498 g/mol. The number of hydrogen-bond donors (Lipinski definition) is 2. The number of carboxylic acids is 1. The third-order valence-electron chi connectivity index (χ3n) is 5.53. The Kier molecular flexibility index (Phi) is 6.84. The molecule has 1 amide bonds. The number of ether oxygens (including phenoxy) is 4. The Morgan fingerprint density at radius 2 is 1.59 bits per heavy atom. The molecule has 0 spiro atoms. The zero-order chi connectivity index (χ0) is 25.6. The fourth-order valence-electron chi connectivity index (χ4n) is 3.68. The standard InChI is InChI=1S/C28H22N2O7/c31-26(32)16-34-21-9-7-20(8-10-21)19-5-3-18(4-6-19)15-30-27(33)23-2-1-13-29-28(23)37-22-11-12-24-25(14-22)36-17-35-24/h1-14H,15-17H2,(H,30,33)(H,31,32).